The fourth-order valence-corrected chi connectivity index (χ4v) is 1.87. The van der Waals surface area contributed by atoms with Crippen LogP contribution in [0.4, 0.5) is 5.82 Å². The van der Waals surface area contributed by atoms with Crippen LogP contribution in [0, 0.1) is 11.8 Å². The molecule has 88 valence electrons. The Kier molecular flexibility index (Phi) is 3.42. The van der Waals surface area contributed by atoms with Gasteiger partial charge in [0.05, 0.1) is 0 Å². The van der Waals surface area contributed by atoms with E-state index in [1.54, 1.807) is 0 Å². The highest BCUT2D eigenvalue weighted by Crippen LogP contribution is 2.31. The zero-order valence-corrected chi connectivity index (χ0v) is 10.5. The van der Waals surface area contributed by atoms with Gasteiger partial charge in [-0.3, -0.25) is 0 Å². The van der Waals surface area contributed by atoms with Crippen LogP contribution in [0.25, 0.3) is 0 Å². The molecule has 1 aliphatic rings. The number of aromatic nitrogens is 2. The summed E-state index contributed by atoms with van der Waals surface area (Å²) in [6, 6.07) is 2.07. The molecule has 0 bridgehead atoms. The van der Waals surface area contributed by atoms with Crippen LogP contribution in [0.3, 0.4) is 0 Å². The highest BCUT2D eigenvalue weighted by atomic mass is 15.0. The van der Waals surface area contributed by atoms with Crippen molar-refractivity contribution in [3.63, 3.8) is 0 Å². The van der Waals surface area contributed by atoms with Crippen LogP contribution in [-0.4, -0.2) is 17.0 Å². The van der Waals surface area contributed by atoms with Gasteiger partial charge in [0.15, 0.2) is 0 Å². The van der Waals surface area contributed by atoms with Gasteiger partial charge in [0, 0.05) is 25.2 Å². The molecule has 1 aliphatic carbocycles. The molecule has 1 heterocycles. The van der Waals surface area contributed by atoms with E-state index in [-0.39, 0.29) is 0 Å². The summed E-state index contributed by atoms with van der Waals surface area (Å²) in [5, 5.41) is 3.12. The van der Waals surface area contributed by atoms with Gasteiger partial charge in [-0.15, -0.1) is 0 Å². The molecule has 2 rings (SSSR count). The number of rotatable bonds is 5. The first-order valence-corrected chi connectivity index (χ1v) is 6.22. The molecule has 0 saturated heterocycles. The first-order valence-electron chi connectivity index (χ1n) is 6.22. The average molecular weight is 219 g/mol. The van der Waals surface area contributed by atoms with Crippen LogP contribution in [0.2, 0.25) is 0 Å². The summed E-state index contributed by atoms with van der Waals surface area (Å²) in [4.78, 5) is 9.17. The van der Waals surface area contributed by atoms with Gasteiger partial charge in [-0.1, -0.05) is 13.8 Å². The van der Waals surface area contributed by atoms with E-state index in [1.165, 1.54) is 18.5 Å². The van der Waals surface area contributed by atoms with Crippen LogP contribution >= 0.6 is 0 Å². The monoisotopic (exact) mass is 219 g/mol. The molecule has 0 spiro atoms. The molecule has 1 N–H and O–H groups in total. The van der Waals surface area contributed by atoms with Crippen molar-refractivity contribution in [2.75, 3.05) is 12.4 Å². The molecular weight excluding hydrogens is 198 g/mol. The maximum absolute atomic E-state index is 4.65. The van der Waals surface area contributed by atoms with E-state index in [9.17, 15) is 0 Å². The second-order valence-electron chi connectivity index (χ2n) is 5.16. The first kappa shape index (κ1) is 11.4. The lowest BCUT2D eigenvalue weighted by molar-refractivity contribution is 0.627. The lowest BCUT2D eigenvalue weighted by Gasteiger charge is -2.09. The fourth-order valence-electron chi connectivity index (χ4n) is 1.87. The molecule has 0 aliphatic heterocycles. The minimum atomic E-state index is 0.647. The fraction of sp³-hybridized carbons (Fsp3) is 0.692. The van der Waals surface area contributed by atoms with Gasteiger partial charge < -0.3 is 5.32 Å². The number of hydrogen-bond acceptors (Lipinski definition) is 3. The molecule has 0 amide bonds. The van der Waals surface area contributed by atoms with E-state index < -0.39 is 0 Å². The highest BCUT2D eigenvalue weighted by Gasteiger charge is 2.23. The molecule has 16 heavy (non-hydrogen) atoms. The summed E-state index contributed by atoms with van der Waals surface area (Å²) in [6.45, 7) is 4.45. The average Bonchev–Trinajstić information content (AvgIpc) is 3.00. The largest absolute Gasteiger partial charge is 0.373 e. The molecule has 1 aromatic heterocycles. The van der Waals surface area contributed by atoms with Gasteiger partial charge >= 0.3 is 0 Å². The van der Waals surface area contributed by atoms with Crippen LogP contribution in [0.5, 0.6) is 0 Å². The van der Waals surface area contributed by atoms with Crippen LogP contribution < -0.4 is 5.32 Å². The third-order valence-electron chi connectivity index (χ3n) is 2.87. The number of anilines is 1. The van der Waals surface area contributed by atoms with Crippen LogP contribution in [0.15, 0.2) is 6.07 Å². The Hall–Kier alpha value is -1.12. The maximum atomic E-state index is 4.65. The Bertz CT molecular complexity index is 334. The van der Waals surface area contributed by atoms with Crippen LogP contribution in [-0.2, 0) is 12.8 Å². The summed E-state index contributed by atoms with van der Waals surface area (Å²) in [5.74, 6) is 3.47. The Morgan fingerprint density at radius 2 is 2.12 bits per heavy atom. The van der Waals surface area contributed by atoms with Crippen molar-refractivity contribution in [3.05, 3.63) is 17.6 Å². The SMILES string of the molecule is CNc1cc(CC(C)C)nc(CC2CC2)n1. The molecule has 0 atom stereocenters. The smallest absolute Gasteiger partial charge is 0.131 e. The van der Waals surface area contributed by atoms with Gasteiger partial charge in [0.2, 0.25) is 0 Å². The minimum Gasteiger partial charge on any atom is -0.373 e. The zero-order valence-electron chi connectivity index (χ0n) is 10.5. The Morgan fingerprint density at radius 3 is 2.69 bits per heavy atom. The molecule has 1 saturated carbocycles. The molecule has 3 nitrogen and oxygen atoms in total. The Balaban J connectivity index is 2.15. The van der Waals surface area contributed by atoms with Gasteiger partial charge in [0.1, 0.15) is 11.6 Å². The van der Waals surface area contributed by atoms with Crippen molar-refractivity contribution in [1.29, 1.82) is 0 Å². The predicted octanol–water partition coefficient (Wildman–Crippen LogP) is 2.67. The van der Waals surface area contributed by atoms with E-state index in [4.69, 9.17) is 0 Å². The summed E-state index contributed by atoms with van der Waals surface area (Å²) >= 11 is 0. The third kappa shape index (κ3) is 3.19. The molecule has 1 aromatic rings. The molecular formula is C13H21N3. The second-order valence-corrected chi connectivity index (χ2v) is 5.16. The van der Waals surface area contributed by atoms with E-state index in [1.807, 2.05) is 7.05 Å². The van der Waals surface area contributed by atoms with Crippen molar-refractivity contribution in [2.24, 2.45) is 11.8 Å². The summed E-state index contributed by atoms with van der Waals surface area (Å²) in [7, 11) is 1.92. The summed E-state index contributed by atoms with van der Waals surface area (Å²) in [5.41, 5.74) is 1.17. The van der Waals surface area contributed by atoms with E-state index in [0.717, 1.165) is 30.4 Å². The Morgan fingerprint density at radius 1 is 1.38 bits per heavy atom. The van der Waals surface area contributed by atoms with Gasteiger partial charge in [0.25, 0.3) is 0 Å². The van der Waals surface area contributed by atoms with Crippen molar-refractivity contribution >= 4 is 5.82 Å². The van der Waals surface area contributed by atoms with Crippen LogP contribution in [0.1, 0.15) is 38.2 Å². The Labute approximate surface area is 97.7 Å². The highest BCUT2D eigenvalue weighted by molar-refractivity contribution is 5.35. The molecule has 3 heteroatoms. The summed E-state index contributed by atoms with van der Waals surface area (Å²) in [6.07, 6.45) is 4.80. The van der Waals surface area contributed by atoms with Gasteiger partial charge in [-0.25, -0.2) is 9.97 Å². The number of hydrogen-bond donors (Lipinski definition) is 1. The molecule has 1 fully saturated rings. The molecule has 0 unspecified atom stereocenters. The lowest BCUT2D eigenvalue weighted by atomic mass is 10.1. The minimum absolute atomic E-state index is 0.647. The third-order valence-corrected chi connectivity index (χ3v) is 2.87. The molecule has 0 radical (unpaired) electrons. The first-order chi connectivity index (χ1) is 7.67. The van der Waals surface area contributed by atoms with E-state index >= 15 is 0 Å². The normalized spacial score (nSPS) is 15.5. The van der Waals surface area contributed by atoms with E-state index in [0.29, 0.717) is 5.92 Å². The van der Waals surface area contributed by atoms with Crippen molar-refractivity contribution < 1.29 is 0 Å². The summed E-state index contributed by atoms with van der Waals surface area (Å²) < 4.78 is 0. The van der Waals surface area contributed by atoms with Crippen molar-refractivity contribution in [1.82, 2.24) is 9.97 Å². The number of nitrogens with zero attached hydrogens (tertiary/aromatic N) is 2. The second kappa shape index (κ2) is 4.81. The lowest BCUT2D eigenvalue weighted by Crippen LogP contribution is -2.06. The van der Waals surface area contributed by atoms with Crippen molar-refractivity contribution in [2.45, 2.75) is 39.5 Å². The topological polar surface area (TPSA) is 37.8 Å². The zero-order chi connectivity index (χ0) is 11.5. The number of nitrogens with one attached hydrogen (secondary N) is 1. The van der Waals surface area contributed by atoms with Gasteiger partial charge in [-0.05, 0) is 31.1 Å². The maximum Gasteiger partial charge on any atom is 0.131 e. The van der Waals surface area contributed by atoms with Crippen molar-refractivity contribution in [3.8, 4) is 0 Å². The molecule has 0 aromatic carbocycles. The standard InChI is InChI=1S/C13H21N3/c1-9(2)6-11-8-12(14-3)16-13(15-11)7-10-4-5-10/h8-10H,4-7H2,1-3H3,(H,14,15,16). The predicted molar refractivity (Wildman–Crippen MR) is 66.5 cm³/mol. The quantitative estimate of drug-likeness (QED) is 0.827. The van der Waals surface area contributed by atoms with Gasteiger partial charge in [-0.2, -0.15) is 0 Å². The van der Waals surface area contributed by atoms with E-state index in [2.05, 4.69) is 35.2 Å².